The Bertz CT molecular complexity index is 1580. The first-order chi connectivity index (χ1) is 19.1. The number of likely N-dealkylation sites (N-methyl/N-ethyl adjacent to an activating group) is 1. The highest BCUT2D eigenvalue weighted by Gasteiger charge is 2.42. The van der Waals surface area contributed by atoms with Crippen molar-refractivity contribution in [2.75, 3.05) is 20.1 Å². The summed E-state index contributed by atoms with van der Waals surface area (Å²) in [5, 5.41) is 8.40. The average Bonchev–Trinajstić information content (AvgIpc) is 3.47. The molecule has 3 aliphatic rings. The second-order valence-electron chi connectivity index (χ2n) is 11.1. The van der Waals surface area contributed by atoms with Crippen LogP contribution >= 0.6 is 0 Å². The van der Waals surface area contributed by atoms with E-state index in [1.54, 1.807) is 17.3 Å². The van der Waals surface area contributed by atoms with E-state index in [1.807, 2.05) is 29.8 Å². The minimum atomic E-state index is -4.66. The maximum absolute atomic E-state index is 14.3. The molecule has 0 bridgehead atoms. The molecule has 11 heteroatoms. The molecule has 1 aliphatic carbocycles. The normalized spacial score (nSPS) is 21.1. The molecule has 2 aliphatic heterocycles. The molecule has 0 N–H and O–H groups in total. The Morgan fingerprint density at radius 1 is 1.12 bits per heavy atom. The van der Waals surface area contributed by atoms with E-state index >= 15 is 0 Å². The van der Waals surface area contributed by atoms with E-state index in [0.29, 0.717) is 43.1 Å². The average molecular weight is 553 g/mol. The van der Waals surface area contributed by atoms with Crippen LogP contribution in [0.3, 0.4) is 0 Å². The van der Waals surface area contributed by atoms with Crippen molar-refractivity contribution in [2.24, 2.45) is 16.1 Å². The topological polar surface area (TPSA) is 74.4 Å². The van der Waals surface area contributed by atoms with Gasteiger partial charge in [0.2, 0.25) is 5.91 Å². The summed E-state index contributed by atoms with van der Waals surface area (Å²) in [6, 6.07) is 8.56. The van der Waals surface area contributed by atoms with Crippen LogP contribution in [0.4, 0.5) is 13.2 Å². The number of azo groups is 1. The number of aromatic nitrogens is 2. The largest absolute Gasteiger partial charge is 0.418 e. The Kier molecular flexibility index (Phi) is 6.62. The van der Waals surface area contributed by atoms with Gasteiger partial charge in [-0.1, -0.05) is 18.6 Å². The summed E-state index contributed by atoms with van der Waals surface area (Å²) in [5.74, 6) is -0.0304. The number of carbonyl (C=O) groups excluding carboxylic acids is 1. The van der Waals surface area contributed by atoms with Crippen molar-refractivity contribution in [1.82, 2.24) is 13.9 Å². The molecule has 0 spiro atoms. The molecule has 1 radical (unpaired) electrons. The fourth-order valence-corrected chi connectivity index (χ4v) is 6.23. The monoisotopic (exact) mass is 552 g/mol. The summed E-state index contributed by atoms with van der Waals surface area (Å²) in [7, 11) is 1.90. The zero-order valence-electron chi connectivity index (χ0n) is 22.4. The van der Waals surface area contributed by atoms with Crippen molar-refractivity contribution < 1.29 is 22.5 Å². The number of amides is 1. The number of piperidine rings is 1. The van der Waals surface area contributed by atoms with E-state index < -0.39 is 17.4 Å². The van der Waals surface area contributed by atoms with Crippen molar-refractivity contribution in [3.63, 3.8) is 0 Å². The standard InChI is InChI=1S/C29H31F3N6O2/c1-18(39)36-11-5-9-21(14-36)22-13-24(29(30,31)32)25-16-37(28(40)38(25)15-22)23-10-4-8-20(12-23)26(19-6-3-7-19)27-34-33-17-35(27)2/h4,8,10,12-13,15-17,19,21,26H,3,5-7,9,11,14H2,1-2H3/q+1/t21-,26+/m0/s1. The minimum absolute atomic E-state index is 0.0261. The molecule has 2 aromatic heterocycles. The first-order valence-electron chi connectivity index (χ1n) is 13.7. The molecule has 1 amide bonds. The van der Waals surface area contributed by atoms with Gasteiger partial charge in [-0.15, -0.1) is 0 Å². The van der Waals surface area contributed by atoms with Gasteiger partial charge in [-0.05, 0) is 66.0 Å². The summed E-state index contributed by atoms with van der Waals surface area (Å²) in [6.45, 7) is 2.38. The molecule has 1 aromatic carbocycles. The van der Waals surface area contributed by atoms with Gasteiger partial charge in [0.05, 0.1) is 34.8 Å². The lowest BCUT2D eigenvalue weighted by atomic mass is 9.71. The summed E-state index contributed by atoms with van der Waals surface area (Å²) >= 11 is 0. The van der Waals surface area contributed by atoms with Gasteiger partial charge in [-0.2, -0.15) is 13.2 Å². The summed E-state index contributed by atoms with van der Waals surface area (Å²) in [4.78, 5) is 27.2. The quantitative estimate of drug-likeness (QED) is 0.401. The Hall–Kier alpha value is -3.76. The predicted octanol–water partition coefficient (Wildman–Crippen LogP) is 5.34. The van der Waals surface area contributed by atoms with Crippen LogP contribution in [-0.2, 0) is 11.0 Å². The number of rotatable bonds is 5. The Morgan fingerprint density at radius 2 is 1.93 bits per heavy atom. The molecular weight excluding hydrogens is 521 g/mol. The van der Waals surface area contributed by atoms with Crippen LogP contribution in [0.2, 0.25) is 0 Å². The van der Waals surface area contributed by atoms with Gasteiger partial charge in [0.1, 0.15) is 0 Å². The third-order valence-corrected chi connectivity index (χ3v) is 8.59. The zero-order chi connectivity index (χ0) is 28.2. The van der Waals surface area contributed by atoms with Crippen LogP contribution < -0.4 is 5.69 Å². The number of imidazole rings is 1. The molecule has 209 valence electrons. The van der Waals surface area contributed by atoms with Crippen LogP contribution in [-0.4, -0.2) is 50.8 Å². The number of halogens is 3. The highest BCUT2D eigenvalue weighted by Crippen LogP contribution is 2.46. The van der Waals surface area contributed by atoms with Crippen molar-refractivity contribution in [1.29, 1.82) is 0 Å². The number of nitrogens with zero attached hydrogens (tertiary/aromatic N) is 6. The fraction of sp³-hybridized carbons (Fsp3) is 0.448. The van der Waals surface area contributed by atoms with Gasteiger partial charge in [0.25, 0.3) is 0 Å². The van der Waals surface area contributed by atoms with Crippen molar-refractivity contribution >= 4 is 17.8 Å². The number of hydrogen-bond acceptors (Lipinski definition) is 4. The summed E-state index contributed by atoms with van der Waals surface area (Å²) in [5.41, 5.74) is 0.221. The molecule has 6 rings (SSSR count). The van der Waals surface area contributed by atoms with Gasteiger partial charge in [-0.25, -0.2) is 9.37 Å². The molecule has 1 saturated heterocycles. The molecule has 8 nitrogen and oxygen atoms in total. The summed E-state index contributed by atoms with van der Waals surface area (Å²) < 4.78 is 47.2. The predicted molar refractivity (Wildman–Crippen MR) is 143 cm³/mol. The molecule has 1 saturated carbocycles. The van der Waals surface area contributed by atoms with Gasteiger partial charge < -0.3 is 4.90 Å². The van der Waals surface area contributed by atoms with Crippen LogP contribution in [0, 0.1) is 12.1 Å². The maximum Gasteiger partial charge on any atom is 0.418 e. The van der Waals surface area contributed by atoms with Gasteiger partial charge in [-0.3, -0.25) is 13.8 Å². The number of pyridine rings is 1. The number of likely N-dealkylation sites (tertiary alicyclic amines) is 1. The molecule has 4 heterocycles. The lowest BCUT2D eigenvalue weighted by Crippen LogP contribution is -2.37. The molecule has 2 fully saturated rings. The third-order valence-electron chi connectivity index (χ3n) is 8.59. The first kappa shape index (κ1) is 26.5. The van der Waals surface area contributed by atoms with Crippen LogP contribution in [0.1, 0.15) is 67.6 Å². The number of benzene rings is 1. The van der Waals surface area contributed by atoms with E-state index in [2.05, 4.69) is 10.2 Å². The van der Waals surface area contributed by atoms with Gasteiger partial charge in [0.15, 0.2) is 0 Å². The van der Waals surface area contributed by atoms with E-state index in [-0.39, 0.29) is 23.3 Å². The number of alkyl halides is 3. The molecular formula is C29H31F3N6O2+. The van der Waals surface area contributed by atoms with Gasteiger partial charge >= 0.3 is 24.4 Å². The van der Waals surface area contributed by atoms with Crippen LogP contribution in [0.15, 0.2) is 57.7 Å². The molecule has 3 aromatic rings. The number of hydrogen-bond donors (Lipinski definition) is 0. The van der Waals surface area contributed by atoms with Crippen LogP contribution in [0.25, 0.3) is 11.2 Å². The Balaban J connectivity index is 1.44. The molecule has 0 unspecified atom stereocenters. The molecule has 40 heavy (non-hydrogen) atoms. The zero-order valence-corrected chi connectivity index (χ0v) is 22.4. The summed E-state index contributed by atoms with van der Waals surface area (Å²) in [6.07, 6.45) is 5.20. The van der Waals surface area contributed by atoms with Crippen molar-refractivity contribution in [2.45, 2.75) is 57.0 Å². The van der Waals surface area contributed by atoms with E-state index in [4.69, 9.17) is 0 Å². The second-order valence-corrected chi connectivity index (χ2v) is 11.1. The van der Waals surface area contributed by atoms with E-state index in [9.17, 15) is 22.8 Å². The van der Waals surface area contributed by atoms with E-state index in [1.165, 1.54) is 23.9 Å². The smallest absolute Gasteiger partial charge is 0.342 e. The minimum Gasteiger partial charge on any atom is -0.342 e. The molecule has 2 atom stereocenters. The lowest BCUT2D eigenvalue weighted by molar-refractivity contribution is -0.480. The maximum atomic E-state index is 14.3. The highest BCUT2D eigenvalue weighted by molar-refractivity contribution is 5.73. The van der Waals surface area contributed by atoms with Crippen molar-refractivity contribution in [3.8, 4) is 5.69 Å². The first-order valence-corrected chi connectivity index (χ1v) is 13.7. The Morgan fingerprint density at radius 3 is 2.58 bits per heavy atom. The van der Waals surface area contributed by atoms with Crippen molar-refractivity contribution in [3.05, 3.63) is 76.1 Å². The number of carbonyl (C=O) groups is 1. The number of fused-ring (bicyclic) bond motifs is 1. The SMILES string of the molecule is CC(=O)N1CCC[C@H](c2cc(C(F)(F)F)c3cn(-c4cccc([C@H]([C]5N=NC=[N+]5C)C5CCC5)c4)c(=O)n3c2)C1. The fourth-order valence-electron chi connectivity index (χ4n) is 6.23. The highest BCUT2D eigenvalue weighted by atomic mass is 19.4. The lowest BCUT2D eigenvalue weighted by Gasteiger charge is -2.34. The second kappa shape index (κ2) is 10.0. The Labute approximate surface area is 229 Å². The van der Waals surface area contributed by atoms with Gasteiger partial charge in [0, 0.05) is 38.3 Å². The van der Waals surface area contributed by atoms with E-state index in [0.717, 1.165) is 41.5 Å². The third kappa shape index (κ3) is 4.65. The van der Waals surface area contributed by atoms with Crippen LogP contribution in [0.5, 0.6) is 0 Å².